The number of benzene rings is 1. The van der Waals surface area contributed by atoms with Gasteiger partial charge in [-0.3, -0.25) is 0 Å². The van der Waals surface area contributed by atoms with Crippen molar-refractivity contribution in [3.8, 4) is 0 Å². The minimum absolute atomic E-state index is 0.165. The summed E-state index contributed by atoms with van der Waals surface area (Å²) in [6, 6.07) is 6.70. The van der Waals surface area contributed by atoms with Gasteiger partial charge in [0.15, 0.2) is 0 Å². The number of aryl methyl sites for hydroxylation is 2. The second-order valence-electron chi connectivity index (χ2n) is 4.19. The van der Waals surface area contributed by atoms with Crippen molar-refractivity contribution in [3.63, 3.8) is 0 Å². The molecule has 0 aliphatic rings. The Morgan fingerprint density at radius 1 is 1.00 bits per heavy atom. The molecule has 1 aromatic rings. The number of hydrogen-bond donors (Lipinski definition) is 1. The van der Waals surface area contributed by atoms with Crippen molar-refractivity contribution in [2.24, 2.45) is 11.7 Å². The summed E-state index contributed by atoms with van der Waals surface area (Å²) in [4.78, 5) is 0. The van der Waals surface area contributed by atoms with Crippen LogP contribution in [0.1, 0.15) is 36.6 Å². The molecule has 0 aromatic heterocycles. The van der Waals surface area contributed by atoms with Crippen LogP contribution in [-0.4, -0.2) is 0 Å². The number of nitrogens with two attached hydrogens (primary N) is 1. The maximum Gasteiger partial charge on any atom is 0.0318 e. The van der Waals surface area contributed by atoms with Gasteiger partial charge in [-0.05, 0) is 25.3 Å². The lowest BCUT2D eigenvalue weighted by Crippen LogP contribution is -2.16. The van der Waals surface area contributed by atoms with E-state index < -0.39 is 0 Å². The molecule has 0 aliphatic heterocycles. The molecule has 0 bridgehead atoms. The van der Waals surface area contributed by atoms with Gasteiger partial charge in [-0.1, -0.05) is 43.2 Å². The van der Waals surface area contributed by atoms with E-state index in [0.29, 0.717) is 5.92 Å². The van der Waals surface area contributed by atoms with Crippen molar-refractivity contribution in [1.82, 2.24) is 0 Å². The van der Waals surface area contributed by atoms with E-state index in [1.165, 1.54) is 16.7 Å². The normalized spacial score (nSPS) is 13.4. The van der Waals surface area contributed by atoms with Crippen molar-refractivity contribution in [3.05, 3.63) is 34.9 Å². The van der Waals surface area contributed by atoms with Gasteiger partial charge in [-0.15, -0.1) is 0 Å². The summed E-state index contributed by atoms with van der Waals surface area (Å²) >= 11 is 0. The van der Waals surface area contributed by atoms with Gasteiger partial charge in [-0.25, -0.2) is 0 Å². The number of hydrogen-bond acceptors (Lipinski definition) is 1. The first-order valence-electron chi connectivity index (χ1n) is 4.84. The molecular formula is C12H19N. The molecule has 0 spiro atoms. The fourth-order valence-electron chi connectivity index (χ4n) is 1.59. The Balaban J connectivity index is 3.01. The SMILES string of the molecule is Cc1cc(C)cc([C@@H](N)C(C)C)c1. The Morgan fingerprint density at radius 3 is 1.85 bits per heavy atom. The highest BCUT2D eigenvalue weighted by molar-refractivity contribution is 5.30. The van der Waals surface area contributed by atoms with E-state index in [2.05, 4.69) is 45.9 Å². The third-order valence-electron chi connectivity index (χ3n) is 2.35. The average molecular weight is 177 g/mol. The highest BCUT2D eigenvalue weighted by atomic mass is 14.6. The molecule has 0 amide bonds. The Labute approximate surface area is 81.0 Å². The Bertz CT molecular complexity index is 269. The Kier molecular flexibility index (Phi) is 3.10. The summed E-state index contributed by atoms with van der Waals surface area (Å²) in [5.41, 5.74) is 9.93. The molecule has 2 N–H and O–H groups in total. The van der Waals surface area contributed by atoms with Gasteiger partial charge in [0.25, 0.3) is 0 Å². The molecule has 0 saturated heterocycles. The smallest absolute Gasteiger partial charge is 0.0318 e. The van der Waals surface area contributed by atoms with E-state index in [4.69, 9.17) is 5.73 Å². The van der Waals surface area contributed by atoms with Crippen LogP contribution in [0, 0.1) is 19.8 Å². The van der Waals surface area contributed by atoms with Gasteiger partial charge in [0.2, 0.25) is 0 Å². The lowest BCUT2D eigenvalue weighted by atomic mass is 9.94. The van der Waals surface area contributed by atoms with Crippen molar-refractivity contribution in [2.75, 3.05) is 0 Å². The fraction of sp³-hybridized carbons (Fsp3) is 0.500. The summed E-state index contributed by atoms with van der Waals surface area (Å²) in [6.45, 7) is 8.54. The highest BCUT2D eigenvalue weighted by Crippen LogP contribution is 2.20. The first-order valence-corrected chi connectivity index (χ1v) is 4.84. The van der Waals surface area contributed by atoms with Crippen LogP contribution in [0.4, 0.5) is 0 Å². The molecule has 0 fully saturated rings. The largest absolute Gasteiger partial charge is 0.324 e. The van der Waals surface area contributed by atoms with Crippen LogP contribution in [0.5, 0.6) is 0 Å². The number of rotatable bonds is 2. The summed E-state index contributed by atoms with van der Waals surface area (Å²) in [5, 5.41) is 0. The van der Waals surface area contributed by atoms with Crippen LogP contribution >= 0.6 is 0 Å². The van der Waals surface area contributed by atoms with Crippen molar-refractivity contribution < 1.29 is 0 Å². The lowest BCUT2D eigenvalue weighted by Gasteiger charge is -2.17. The molecule has 0 saturated carbocycles. The lowest BCUT2D eigenvalue weighted by molar-refractivity contribution is 0.514. The molecule has 0 aliphatic carbocycles. The molecule has 1 nitrogen and oxygen atoms in total. The van der Waals surface area contributed by atoms with Crippen LogP contribution < -0.4 is 5.73 Å². The topological polar surface area (TPSA) is 26.0 Å². The second kappa shape index (κ2) is 3.93. The van der Waals surface area contributed by atoms with E-state index in [0.717, 1.165) is 0 Å². The van der Waals surface area contributed by atoms with Crippen molar-refractivity contribution >= 4 is 0 Å². The third kappa shape index (κ3) is 2.56. The summed E-state index contributed by atoms with van der Waals surface area (Å²) in [6.07, 6.45) is 0. The molecule has 72 valence electrons. The molecular weight excluding hydrogens is 158 g/mol. The molecule has 1 aromatic carbocycles. The molecule has 1 rings (SSSR count). The van der Waals surface area contributed by atoms with Crippen molar-refractivity contribution in [2.45, 2.75) is 33.7 Å². The van der Waals surface area contributed by atoms with Crippen molar-refractivity contribution in [1.29, 1.82) is 0 Å². The molecule has 0 radical (unpaired) electrons. The Hall–Kier alpha value is -0.820. The van der Waals surface area contributed by atoms with Gasteiger partial charge in [0.1, 0.15) is 0 Å². The molecule has 1 atom stereocenters. The maximum atomic E-state index is 6.08. The van der Waals surface area contributed by atoms with Gasteiger partial charge < -0.3 is 5.73 Å². The molecule has 0 heterocycles. The van der Waals surface area contributed by atoms with Crippen LogP contribution in [0.3, 0.4) is 0 Å². The van der Waals surface area contributed by atoms with Gasteiger partial charge in [-0.2, -0.15) is 0 Å². The third-order valence-corrected chi connectivity index (χ3v) is 2.35. The summed E-state index contributed by atoms with van der Waals surface area (Å²) in [5.74, 6) is 0.501. The second-order valence-corrected chi connectivity index (χ2v) is 4.19. The highest BCUT2D eigenvalue weighted by Gasteiger charge is 2.10. The minimum atomic E-state index is 0.165. The zero-order valence-electron chi connectivity index (χ0n) is 8.96. The zero-order valence-corrected chi connectivity index (χ0v) is 8.96. The predicted molar refractivity (Wildman–Crippen MR) is 57.7 cm³/mol. The average Bonchev–Trinajstić information content (AvgIpc) is 2.01. The van der Waals surface area contributed by atoms with Crippen LogP contribution in [0.2, 0.25) is 0 Å². The zero-order chi connectivity index (χ0) is 10.0. The quantitative estimate of drug-likeness (QED) is 0.738. The van der Waals surface area contributed by atoms with Crippen LogP contribution in [-0.2, 0) is 0 Å². The standard InChI is InChI=1S/C12H19N/c1-8(2)12(13)11-6-9(3)5-10(4)7-11/h5-8,12H,13H2,1-4H3/t12-/m0/s1. The summed E-state index contributed by atoms with van der Waals surface area (Å²) < 4.78 is 0. The van der Waals surface area contributed by atoms with Gasteiger partial charge in [0, 0.05) is 6.04 Å². The van der Waals surface area contributed by atoms with E-state index in [1.54, 1.807) is 0 Å². The predicted octanol–water partition coefficient (Wildman–Crippen LogP) is 2.96. The van der Waals surface area contributed by atoms with E-state index in [9.17, 15) is 0 Å². The maximum absolute atomic E-state index is 6.08. The fourth-order valence-corrected chi connectivity index (χ4v) is 1.59. The minimum Gasteiger partial charge on any atom is -0.324 e. The van der Waals surface area contributed by atoms with E-state index >= 15 is 0 Å². The Morgan fingerprint density at radius 2 is 1.46 bits per heavy atom. The first-order chi connectivity index (χ1) is 6.00. The first kappa shape index (κ1) is 10.3. The van der Waals surface area contributed by atoms with Gasteiger partial charge in [0.05, 0.1) is 0 Å². The van der Waals surface area contributed by atoms with E-state index in [1.807, 2.05) is 0 Å². The van der Waals surface area contributed by atoms with E-state index in [-0.39, 0.29) is 6.04 Å². The molecule has 1 heteroatoms. The molecule has 13 heavy (non-hydrogen) atoms. The van der Waals surface area contributed by atoms with Gasteiger partial charge >= 0.3 is 0 Å². The summed E-state index contributed by atoms with van der Waals surface area (Å²) in [7, 11) is 0. The van der Waals surface area contributed by atoms with Crippen LogP contribution in [0.25, 0.3) is 0 Å². The monoisotopic (exact) mass is 177 g/mol. The molecule has 0 unspecified atom stereocenters. The van der Waals surface area contributed by atoms with Crippen LogP contribution in [0.15, 0.2) is 18.2 Å².